The number of nitrogens with zero attached hydrogens (tertiary/aromatic N) is 3. The molecule has 2 fully saturated rings. The van der Waals surface area contributed by atoms with Gasteiger partial charge in [0, 0.05) is 19.3 Å². The van der Waals surface area contributed by atoms with Crippen LogP contribution in [0.25, 0.3) is 0 Å². The van der Waals surface area contributed by atoms with E-state index in [0.29, 0.717) is 24.7 Å². The number of hydrogen-bond acceptors (Lipinski definition) is 4. The van der Waals surface area contributed by atoms with Crippen LogP contribution in [0.1, 0.15) is 42.6 Å². The summed E-state index contributed by atoms with van der Waals surface area (Å²) in [6, 6.07) is 1.60. The Kier molecular flexibility index (Phi) is 3.61. The van der Waals surface area contributed by atoms with Crippen LogP contribution in [-0.2, 0) is 4.79 Å². The fraction of sp³-hybridized carbons (Fsp3) is 0.600. The number of nitrogens with two attached hydrogens (primary N) is 1. The van der Waals surface area contributed by atoms with E-state index in [-0.39, 0.29) is 11.8 Å². The fourth-order valence-electron chi connectivity index (χ4n) is 3.23. The van der Waals surface area contributed by atoms with E-state index in [1.807, 2.05) is 0 Å². The second-order valence-corrected chi connectivity index (χ2v) is 6.22. The highest BCUT2D eigenvalue weighted by Crippen LogP contribution is 2.44. The molecule has 0 radical (unpaired) electrons. The van der Waals surface area contributed by atoms with E-state index in [1.54, 1.807) is 17.2 Å². The summed E-state index contributed by atoms with van der Waals surface area (Å²) in [5.41, 5.74) is 5.50. The third kappa shape index (κ3) is 2.89. The number of carbonyl (C=O) groups is 2. The van der Waals surface area contributed by atoms with E-state index >= 15 is 0 Å². The molecule has 2 amide bonds. The first-order valence-electron chi connectivity index (χ1n) is 7.46. The van der Waals surface area contributed by atoms with Crippen molar-refractivity contribution in [3.8, 4) is 0 Å². The van der Waals surface area contributed by atoms with Crippen LogP contribution in [0.15, 0.2) is 18.6 Å². The Morgan fingerprint density at radius 3 is 2.86 bits per heavy atom. The summed E-state index contributed by atoms with van der Waals surface area (Å²) < 4.78 is 0. The van der Waals surface area contributed by atoms with Crippen molar-refractivity contribution < 1.29 is 9.59 Å². The standard InChI is InChI=1S/C15H20N4O2/c16-14(21)15(8-11-2-3-11)5-1-7-19(9-15)13(20)12-4-6-17-10-18-12/h4,6,10-11H,1-3,5,7-9H2,(H2,16,21). The second kappa shape index (κ2) is 5.42. The van der Waals surface area contributed by atoms with Crippen molar-refractivity contribution in [1.82, 2.24) is 14.9 Å². The average molecular weight is 288 g/mol. The number of aromatic nitrogens is 2. The lowest BCUT2D eigenvalue weighted by molar-refractivity contribution is -0.131. The van der Waals surface area contributed by atoms with Gasteiger partial charge in [-0.25, -0.2) is 9.97 Å². The number of amides is 2. The number of rotatable bonds is 4. The predicted octanol–water partition coefficient (Wildman–Crippen LogP) is 0.984. The van der Waals surface area contributed by atoms with Gasteiger partial charge in [0.25, 0.3) is 5.91 Å². The van der Waals surface area contributed by atoms with Gasteiger partial charge in [-0.15, -0.1) is 0 Å². The molecule has 112 valence electrons. The van der Waals surface area contributed by atoms with Crippen LogP contribution in [0, 0.1) is 11.3 Å². The Morgan fingerprint density at radius 1 is 1.43 bits per heavy atom. The van der Waals surface area contributed by atoms with Crippen molar-refractivity contribution in [3.63, 3.8) is 0 Å². The topological polar surface area (TPSA) is 89.2 Å². The Hall–Kier alpha value is -1.98. The van der Waals surface area contributed by atoms with E-state index < -0.39 is 5.41 Å². The molecule has 21 heavy (non-hydrogen) atoms. The monoisotopic (exact) mass is 288 g/mol. The van der Waals surface area contributed by atoms with Crippen LogP contribution in [0.4, 0.5) is 0 Å². The van der Waals surface area contributed by atoms with Crippen molar-refractivity contribution >= 4 is 11.8 Å². The van der Waals surface area contributed by atoms with E-state index in [2.05, 4.69) is 9.97 Å². The quantitative estimate of drug-likeness (QED) is 0.894. The molecule has 2 aliphatic rings. The predicted molar refractivity (Wildman–Crippen MR) is 76.1 cm³/mol. The Bertz CT molecular complexity index is 544. The van der Waals surface area contributed by atoms with Gasteiger partial charge in [-0.1, -0.05) is 12.8 Å². The summed E-state index contributed by atoms with van der Waals surface area (Å²) in [6.45, 7) is 1.07. The highest BCUT2D eigenvalue weighted by molar-refractivity contribution is 5.93. The first-order valence-corrected chi connectivity index (χ1v) is 7.46. The number of hydrogen-bond donors (Lipinski definition) is 1. The summed E-state index contributed by atoms with van der Waals surface area (Å²) in [6.07, 6.45) is 7.68. The molecule has 1 aromatic rings. The zero-order valence-corrected chi connectivity index (χ0v) is 12.0. The molecule has 0 aromatic carbocycles. The molecule has 0 bridgehead atoms. The molecule has 1 aliphatic heterocycles. The number of piperidine rings is 1. The fourth-order valence-corrected chi connectivity index (χ4v) is 3.23. The van der Waals surface area contributed by atoms with Crippen LogP contribution in [0.2, 0.25) is 0 Å². The molecule has 2 N–H and O–H groups in total. The minimum Gasteiger partial charge on any atom is -0.369 e. The van der Waals surface area contributed by atoms with Gasteiger partial charge in [-0.2, -0.15) is 0 Å². The van der Waals surface area contributed by atoms with Crippen molar-refractivity contribution in [1.29, 1.82) is 0 Å². The lowest BCUT2D eigenvalue weighted by atomic mass is 9.75. The van der Waals surface area contributed by atoms with Gasteiger partial charge in [0.1, 0.15) is 12.0 Å². The molecule has 1 unspecified atom stereocenters. The van der Waals surface area contributed by atoms with Gasteiger partial charge in [-0.3, -0.25) is 9.59 Å². The van der Waals surface area contributed by atoms with Gasteiger partial charge < -0.3 is 10.6 Å². The minimum absolute atomic E-state index is 0.140. The second-order valence-electron chi connectivity index (χ2n) is 6.22. The molecule has 1 saturated carbocycles. The normalized spacial score (nSPS) is 25.6. The molecular formula is C15H20N4O2. The van der Waals surface area contributed by atoms with E-state index in [1.165, 1.54) is 19.2 Å². The molecule has 0 spiro atoms. The molecule has 1 atom stereocenters. The van der Waals surface area contributed by atoms with Crippen LogP contribution < -0.4 is 5.73 Å². The molecular weight excluding hydrogens is 268 g/mol. The van der Waals surface area contributed by atoms with Gasteiger partial charge in [0.05, 0.1) is 5.41 Å². The summed E-state index contributed by atoms with van der Waals surface area (Å²) in [4.78, 5) is 34.0. The zero-order valence-electron chi connectivity index (χ0n) is 12.0. The molecule has 6 nitrogen and oxygen atoms in total. The average Bonchev–Trinajstić information content (AvgIpc) is 3.31. The van der Waals surface area contributed by atoms with Crippen molar-refractivity contribution in [3.05, 3.63) is 24.3 Å². The SMILES string of the molecule is NC(=O)C1(CC2CC2)CCCN(C(=O)c2ccncn2)C1. The Morgan fingerprint density at radius 2 is 2.24 bits per heavy atom. The van der Waals surface area contributed by atoms with Gasteiger partial charge >= 0.3 is 0 Å². The third-order valence-corrected chi connectivity index (χ3v) is 4.56. The molecule has 1 aromatic heterocycles. The minimum atomic E-state index is -0.553. The summed E-state index contributed by atoms with van der Waals surface area (Å²) in [7, 11) is 0. The van der Waals surface area contributed by atoms with Crippen molar-refractivity contribution in [2.45, 2.75) is 32.1 Å². The Labute approximate surface area is 123 Å². The molecule has 6 heteroatoms. The summed E-state index contributed by atoms with van der Waals surface area (Å²) in [5.74, 6) is 0.194. The van der Waals surface area contributed by atoms with E-state index in [9.17, 15) is 9.59 Å². The summed E-state index contributed by atoms with van der Waals surface area (Å²) >= 11 is 0. The molecule has 2 heterocycles. The lowest BCUT2D eigenvalue weighted by Gasteiger charge is -2.40. The van der Waals surface area contributed by atoms with E-state index in [4.69, 9.17) is 5.73 Å². The summed E-state index contributed by atoms with van der Waals surface area (Å²) in [5, 5.41) is 0. The maximum atomic E-state index is 12.5. The van der Waals surface area contributed by atoms with Crippen LogP contribution in [0.5, 0.6) is 0 Å². The first kappa shape index (κ1) is 14.0. The highest BCUT2D eigenvalue weighted by atomic mass is 16.2. The van der Waals surface area contributed by atoms with Crippen LogP contribution in [-0.4, -0.2) is 39.8 Å². The number of carbonyl (C=O) groups excluding carboxylic acids is 2. The molecule has 1 saturated heterocycles. The van der Waals surface area contributed by atoms with Crippen LogP contribution in [0.3, 0.4) is 0 Å². The first-order chi connectivity index (χ1) is 10.1. The molecule has 3 rings (SSSR count). The maximum Gasteiger partial charge on any atom is 0.272 e. The number of primary amides is 1. The van der Waals surface area contributed by atoms with E-state index in [0.717, 1.165) is 19.3 Å². The third-order valence-electron chi connectivity index (χ3n) is 4.56. The molecule has 1 aliphatic carbocycles. The smallest absolute Gasteiger partial charge is 0.272 e. The van der Waals surface area contributed by atoms with Crippen molar-refractivity contribution in [2.24, 2.45) is 17.1 Å². The van der Waals surface area contributed by atoms with Crippen LogP contribution >= 0.6 is 0 Å². The zero-order chi connectivity index (χ0) is 14.9. The Balaban J connectivity index is 1.77. The van der Waals surface area contributed by atoms with Gasteiger partial charge in [0.2, 0.25) is 5.91 Å². The lowest BCUT2D eigenvalue weighted by Crippen LogP contribution is -2.52. The van der Waals surface area contributed by atoms with Gasteiger partial charge in [0.15, 0.2) is 0 Å². The largest absolute Gasteiger partial charge is 0.369 e. The number of likely N-dealkylation sites (tertiary alicyclic amines) is 1. The van der Waals surface area contributed by atoms with Crippen molar-refractivity contribution in [2.75, 3.05) is 13.1 Å². The van der Waals surface area contributed by atoms with Gasteiger partial charge in [-0.05, 0) is 31.2 Å². The highest BCUT2D eigenvalue weighted by Gasteiger charge is 2.45. The maximum absolute atomic E-state index is 12.5.